The Balaban J connectivity index is 4.10. The average Bonchev–Trinajstić information content (AvgIpc) is 2.37. The summed E-state index contributed by atoms with van der Waals surface area (Å²) in [5.41, 5.74) is 5.46. The summed E-state index contributed by atoms with van der Waals surface area (Å²) in [6.45, 7) is 7.45. The quantitative estimate of drug-likeness (QED) is 0.257. The summed E-state index contributed by atoms with van der Waals surface area (Å²) in [5, 5.41) is 14.3. The molecule has 0 aromatic carbocycles. The molecule has 0 aliphatic rings. The van der Waals surface area contributed by atoms with Gasteiger partial charge < -0.3 is 21.2 Å². The standard InChI is InChI=1S/C12H26N4O2/c1-5-9(3)16(4)8-7-14-12(17)10(6-2)11(13)15-18/h9-10,18H,5-8H2,1-4H3,(H2,13,15)(H,14,17). The molecule has 0 spiro atoms. The first-order chi connectivity index (χ1) is 8.47. The highest BCUT2D eigenvalue weighted by atomic mass is 16.4. The fourth-order valence-corrected chi connectivity index (χ4v) is 1.61. The number of amides is 1. The fraction of sp³-hybridized carbons (Fsp3) is 0.833. The lowest BCUT2D eigenvalue weighted by molar-refractivity contribution is -0.123. The van der Waals surface area contributed by atoms with Crippen molar-refractivity contribution in [2.75, 3.05) is 20.1 Å². The van der Waals surface area contributed by atoms with Gasteiger partial charge in [-0.05, 0) is 26.8 Å². The highest BCUT2D eigenvalue weighted by Crippen LogP contribution is 2.03. The predicted octanol–water partition coefficient (Wildman–Crippen LogP) is 0.606. The summed E-state index contributed by atoms with van der Waals surface area (Å²) in [6, 6.07) is 0.493. The number of likely N-dealkylation sites (N-methyl/N-ethyl adjacent to an activating group) is 1. The van der Waals surface area contributed by atoms with Gasteiger partial charge in [0.2, 0.25) is 5.91 Å². The lowest BCUT2D eigenvalue weighted by Crippen LogP contribution is -2.42. The van der Waals surface area contributed by atoms with Crippen LogP contribution in [0.1, 0.15) is 33.6 Å². The van der Waals surface area contributed by atoms with Gasteiger partial charge in [-0.25, -0.2) is 0 Å². The number of oxime groups is 1. The number of nitrogens with one attached hydrogen (secondary N) is 1. The first-order valence-corrected chi connectivity index (χ1v) is 6.43. The van der Waals surface area contributed by atoms with Gasteiger partial charge in [-0.1, -0.05) is 19.0 Å². The second-order valence-electron chi connectivity index (χ2n) is 4.51. The van der Waals surface area contributed by atoms with Crippen LogP contribution in [0.25, 0.3) is 0 Å². The van der Waals surface area contributed by atoms with E-state index in [4.69, 9.17) is 10.9 Å². The van der Waals surface area contributed by atoms with Crippen LogP contribution < -0.4 is 11.1 Å². The lowest BCUT2D eigenvalue weighted by Gasteiger charge is -2.23. The summed E-state index contributed by atoms with van der Waals surface area (Å²) in [5.74, 6) is -0.778. The molecule has 0 radical (unpaired) electrons. The van der Waals surface area contributed by atoms with Gasteiger partial charge in [0.25, 0.3) is 0 Å². The Morgan fingerprint density at radius 1 is 1.44 bits per heavy atom. The van der Waals surface area contributed by atoms with Gasteiger partial charge in [0.1, 0.15) is 0 Å². The number of carbonyl (C=O) groups excluding carboxylic acids is 1. The Hall–Kier alpha value is -1.30. The van der Waals surface area contributed by atoms with Gasteiger partial charge in [0.05, 0.1) is 5.92 Å². The van der Waals surface area contributed by atoms with Crippen LogP contribution in [0.3, 0.4) is 0 Å². The van der Waals surface area contributed by atoms with E-state index in [9.17, 15) is 4.79 Å². The zero-order valence-electron chi connectivity index (χ0n) is 11.8. The zero-order valence-corrected chi connectivity index (χ0v) is 11.8. The van der Waals surface area contributed by atoms with Gasteiger partial charge in [-0.3, -0.25) is 4.79 Å². The molecule has 6 heteroatoms. The third-order valence-electron chi connectivity index (χ3n) is 3.30. The van der Waals surface area contributed by atoms with Crippen LogP contribution in [-0.2, 0) is 4.79 Å². The SMILES string of the molecule is CCC(C(=O)NCCN(C)C(C)CC)C(N)=NO. The number of nitrogens with two attached hydrogens (primary N) is 1. The van der Waals surface area contributed by atoms with Crippen molar-refractivity contribution in [3.05, 3.63) is 0 Å². The Labute approximate surface area is 109 Å². The highest BCUT2D eigenvalue weighted by molar-refractivity contribution is 6.01. The third-order valence-corrected chi connectivity index (χ3v) is 3.30. The Bertz CT molecular complexity index is 281. The molecule has 2 unspecified atom stereocenters. The number of rotatable bonds is 8. The molecule has 0 aromatic rings. The molecule has 0 saturated carbocycles. The second-order valence-corrected chi connectivity index (χ2v) is 4.51. The van der Waals surface area contributed by atoms with Crippen LogP contribution in [0.2, 0.25) is 0 Å². The van der Waals surface area contributed by atoms with E-state index >= 15 is 0 Å². The van der Waals surface area contributed by atoms with Gasteiger partial charge in [0.15, 0.2) is 5.84 Å². The number of hydrogen-bond acceptors (Lipinski definition) is 4. The summed E-state index contributed by atoms with van der Waals surface area (Å²) in [4.78, 5) is 14.0. The summed E-state index contributed by atoms with van der Waals surface area (Å²) in [7, 11) is 2.03. The first-order valence-electron chi connectivity index (χ1n) is 6.43. The molecule has 18 heavy (non-hydrogen) atoms. The Morgan fingerprint density at radius 3 is 2.50 bits per heavy atom. The van der Waals surface area contributed by atoms with E-state index in [1.807, 2.05) is 14.0 Å². The Morgan fingerprint density at radius 2 is 2.06 bits per heavy atom. The molecule has 0 fully saturated rings. The summed E-state index contributed by atoms with van der Waals surface area (Å²) >= 11 is 0. The molecule has 6 nitrogen and oxygen atoms in total. The fourth-order valence-electron chi connectivity index (χ4n) is 1.61. The normalized spacial score (nSPS) is 15.5. The molecular formula is C12H26N4O2. The van der Waals surface area contributed by atoms with E-state index in [-0.39, 0.29) is 11.7 Å². The van der Waals surface area contributed by atoms with Crippen molar-refractivity contribution in [2.24, 2.45) is 16.8 Å². The van der Waals surface area contributed by atoms with E-state index in [1.54, 1.807) is 0 Å². The van der Waals surface area contributed by atoms with E-state index in [0.29, 0.717) is 19.0 Å². The van der Waals surface area contributed by atoms with Crippen LogP contribution in [0.15, 0.2) is 5.16 Å². The summed E-state index contributed by atoms with van der Waals surface area (Å²) < 4.78 is 0. The predicted molar refractivity (Wildman–Crippen MR) is 72.6 cm³/mol. The molecule has 0 rings (SSSR count). The molecule has 0 bridgehead atoms. The van der Waals surface area contributed by atoms with Crippen molar-refractivity contribution in [3.8, 4) is 0 Å². The molecule has 0 heterocycles. The molecule has 1 amide bonds. The zero-order chi connectivity index (χ0) is 14.1. The smallest absolute Gasteiger partial charge is 0.230 e. The van der Waals surface area contributed by atoms with Crippen molar-refractivity contribution >= 4 is 11.7 Å². The van der Waals surface area contributed by atoms with Crippen LogP contribution in [-0.4, -0.2) is 48.0 Å². The van der Waals surface area contributed by atoms with Gasteiger partial charge >= 0.3 is 0 Å². The van der Waals surface area contributed by atoms with Crippen LogP contribution in [0, 0.1) is 5.92 Å². The molecule has 0 aliphatic heterocycles. The second kappa shape index (κ2) is 8.74. The molecule has 106 valence electrons. The van der Waals surface area contributed by atoms with Crippen molar-refractivity contribution in [1.29, 1.82) is 0 Å². The van der Waals surface area contributed by atoms with E-state index in [0.717, 1.165) is 13.0 Å². The lowest BCUT2D eigenvalue weighted by atomic mass is 10.1. The van der Waals surface area contributed by atoms with Crippen molar-refractivity contribution in [3.63, 3.8) is 0 Å². The van der Waals surface area contributed by atoms with Crippen LogP contribution >= 0.6 is 0 Å². The number of carbonyl (C=O) groups is 1. The van der Waals surface area contributed by atoms with E-state index < -0.39 is 5.92 Å². The monoisotopic (exact) mass is 258 g/mol. The topological polar surface area (TPSA) is 91.0 Å². The Kier molecular flexibility index (Phi) is 8.11. The highest BCUT2D eigenvalue weighted by Gasteiger charge is 2.20. The van der Waals surface area contributed by atoms with E-state index in [1.165, 1.54) is 0 Å². The minimum absolute atomic E-state index is 0.0368. The average molecular weight is 258 g/mol. The maximum absolute atomic E-state index is 11.8. The third kappa shape index (κ3) is 5.35. The van der Waals surface area contributed by atoms with E-state index in [2.05, 4.69) is 29.2 Å². The number of hydrogen-bond donors (Lipinski definition) is 3. The van der Waals surface area contributed by atoms with Crippen LogP contribution in [0.5, 0.6) is 0 Å². The number of amidine groups is 1. The van der Waals surface area contributed by atoms with Crippen LogP contribution in [0.4, 0.5) is 0 Å². The van der Waals surface area contributed by atoms with Gasteiger partial charge in [0, 0.05) is 19.1 Å². The number of nitrogens with zero attached hydrogens (tertiary/aromatic N) is 2. The molecule has 4 N–H and O–H groups in total. The minimum Gasteiger partial charge on any atom is -0.409 e. The van der Waals surface area contributed by atoms with Gasteiger partial charge in [-0.2, -0.15) is 0 Å². The maximum Gasteiger partial charge on any atom is 0.230 e. The van der Waals surface area contributed by atoms with Gasteiger partial charge in [-0.15, -0.1) is 0 Å². The van der Waals surface area contributed by atoms with Crippen molar-refractivity contribution < 1.29 is 10.0 Å². The maximum atomic E-state index is 11.8. The van der Waals surface area contributed by atoms with Crippen molar-refractivity contribution in [1.82, 2.24) is 10.2 Å². The molecular weight excluding hydrogens is 232 g/mol. The minimum atomic E-state index is -0.552. The molecule has 0 aliphatic carbocycles. The molecule has 0 saturated heterocycles. The molecule has 2 atom stereocenters. The van der Waals surface area contributed by atoms with Crippen molar-refractivity contribution in [2.45, 2.75) is 39.7 Å². The largest absolute Gasteiger partial charge is 0.409 e. The molecule has 0 aromatic heterocycles. The first kappa shape index (κ1) is 16.7. The summed E-state index contributed by atoms with van der Waals surface area (Å²) in [6.07, 6.45) is 1.59.